The first-order chi connectivity index (χ1) is 9.46. The summed E-state index contributed by atoms with van der Waals surface area (Å²) in [5.41, 5.74) is -0.357. The second kappa shape index (κ2) is 6.44. The Morgan fingerprint density at radius 1 is 1.30 bits per heavy atom. The Labute approximate surface area is 123 Å². The van der Waals surface area contributed by atoms with Crippen molar-refractivity contribution in [2.75, 3.05) is 26.2 Å². The first-order valence-corrected chi connectivity index (χ1v) is 8.27. The highest BCUT2D eigenvalue weighted by atomic mass is 16.2. The van der Waals surface area contributed by atoms with Gasteiger partial charge in [0, 0.05) is 13.1 Å². The molecule has 0 spiro atoms. The predicted octanol–water partition coefficient (Wildman–Crippen LogP) is 2.05. The number of likely N-dealkylation sites (tertiary alicyclic amines) is 1. The molecular weight excluding hydrogens is 250 g/mol. The molecule has 0 aromatic heterocycles. The maximum Gasteiger partial charge on any atom is 0.243 e. The van der Waals surface area contributed by atoms with Crippen molar-refractivity contribution < 1.29 is 4.79 Å². The normalized spacial score (nSPS) is 31.8. The van der Waals surface area contributed by atoms with Gasteiger partial charge < -0.3 is 9.80 Å². The van der Waals surface area contributed by atoms with Crippen LogP contribution in [0.5, 0.6) is 0 Å². The molecule has 0 radical (unpaired) electrons. The molecule has 2 fully saturated rings. The molecule has 1 amide bonds. The number of amides is 1. The van der Waals surface area contributed by atoms with Gasteiger partial charge in [0.1, 0.15) is 0 Å². The molecule has 4 nitrogen and oxygen atoms in total. The summed E-state index contributed by atoms with van der Waals surface area (Å²) in [5.74, 6) is 0.902. The minimum Gasteiger partial charge on any atom is -0.324 e. The van der Waals surface area contributed by atoms with E-state index in [0.717, 1.165) is 25.9 Å². The summed E-state index contributed by atoms with van der Waals surface area (Å²) in [7, 11) is 0. The third-order valence-electron chi connectivity index (χ3n) is 4.85. The minimum atomic E-state index is -0.357. The summed E-state index contributed by atoms with van der Waals surface area (Å²) < 4.78 is 0. The van der Waals surface area contributed by atoms with E-state index in [-0.39, 0.29) is 11.7 Å². The SMILES string of the molecule is CCC1(C)NC(CC(C)C)N(CCN2CCCC2)C1=O. The lowest BCUT2D eigenvalue weighted by atomic mass is 9.99. The molecule has 0 bridgehead atoms. The number of nitrogens with one attached hydrogen (secondary N) is 1. The van der Waals surface area contributed by atoms with Crippen LogP contribution in [0, 0.1) is 5.92 Å². The lowest BCUT2D eigenvalue weighted by molar-refractivity contribution is -0.133. The summed E-state index contributed by atoms with van der Waals surface area (Å²) in [6.07, 6.45) is 4.75. The Kier molecular flexibility index (Phi) is 5.08. The standard InChI is InChI=1S/C16H31N3O/c1-5-16(4)15(20)19(14(17-16)12-13(2)3)11-10-18-8-6-7-9-18/h13-14,17H,5-12H2,1-4H3. The van der Waals surface area contributed by atoms with Crippen LogP contribution in [0.15, 0.2) is 0 Å². The van der Waals surface area contributed by atoms with Crippen LogP contribution in [0.4, 0.5) is 0 Å². The van der Waals surface area contributed by atoms with Gasteiger partial charge in [0.2, 0.25) is 5.91 Å². The molecule has 4 heteroatoms. The molecule has 2 aliphatic heterocycles. The topological polar surface area (TPSA) is 35.6 Å². The molecular formula is C16H31N3O. The fourth-order valence-electron chi connectivity index (χ4n) is 3.36. The number of nitrogens with zero attached hydrogens (tertiary/aromatic N) is 2. The highest BCUT2D eigenvalue weighted by Crippen LogP contribution is 2.26. The van der Waals surface area contributed by atoms with Crippen LogP contribution in [0.3, 0.4) is 0 Å². The van der Waals surface area contributed by atoms with Crippen molar-refractivity contribution in [3.8, 4) is 0 Å². The van der Waals surface area contributed by atoms with Crippen LogP contribution < -0.4 is 5.32 Å². The van der Waals surface area contributed by atoms with E-state index < -0.39 is 0 Å². The van der Waals surface area contributed by atoms with E-state index in [4.69, 9.17) is 0 Å². The average Bonchev–Trinajstić information content (AvgIpc) is 2.97. The molecule has 2 rings (SSSR count). The molecule has 0 aromatic carbocycles. The molecule has 2 unspecified atom stereocenters. The van der Waals surface area contributed by atoms with Crippen molar-refractivity contribution in [1.29, 1.82) is 0 Å². The lowest BCUT2D eigenvalue weighted by Crippen LogP contribution is -2.44. The monoisotopic (exact) mass is 281 g/mol. The van der Waals surface area contributed by atoms with E-state index in [1.165, 1.54) is 25.9 Å². The summed E-state index contributed by atoms with van der Waals surface area (Å²) in [6, 6.07) is 0. The van der Waals surface area contributed by atoms with Crippen molar-refractivity contribution in [1.82, 2.24) is 15.1 Å². The third-order valence-corrected chi connectivity index (χ3v) is 4.85. The van der Waals surface area contributed by atoms with Crippen LogP contribution >= 0.6 is 0 Å². The number of carbonyl (C=O) groups is 1. The molecule has 2 heterocycles. The van der Waals surface area contributed by atoms with Crippen molar-refractivity contribution in [3.05, 3.63) is 0 Å². The first kappa shape index (κ1) is 15.8. The summed E-state index contributed by atoms with van der Waals surface area (Å²) >= 11 is 0. The quantitative estimate of drug-likeness (QED) is 0.809. The van der Waals surface area contributed by atoms with Gasteiger partial charge in [-0.05, 0) is 51.6 Å². The summed E-state index contributed by atoms with van der Waals surface area (Å²) in [5, 5.41) is 3.58. The second-order valence-electron chi connectivity index (χ2n) is 7.02. The smallest absolute Gasteiger partial charge is 0.243 e. The van der Waals surface area contributed by atoms with Crippen molar-refractivity contribution in [3.63, 3.8) is 0 Å². The van der Waals surface area contributed by atoms with E-state index in [2.05, 4.69) is 42.8 Å². The van der Waals surface area contributed by atoms with Crippen LogP contribution in [0.25, 0.3) is 0 Å². The number of hydrogen-bond acceptors (Lipinski definition) is 3. The molecule has 0 aromatic rings. The highest BCUT2D eigenvalue weighted by Gasteiger charge is 2.46. The molecule has 0 saturated carbocycles. The minimum absolute atomic E-state index is 0.218. The van der Waals surface area contributed by atoms with E-state index in [9.17, 15) is 4.79 Å². The van der Waals surface area contributed by atoms with Gasteiger partial charge in [-0.15, -0.1) is 0 Å². The van der Waals surface area contributed by atoms with Crippen LogP contribution in [-0.4, -0.2) is 53.6 Å². The third kappa shape index (κ3) is 3.34. The van der Waals surface area contributed by atoms with Gasteiger partial charge in [-0.1, -0.05) is 20.8 Å². The number of hydrogen-bond donors (Lipinski definition) is 1. The highest BCUT2D eigenvalue weighted by molar-refractivity contribution is 5.88. The van der Waals surface area contributed by atoms with Crippen LogP contribution in [0.2, 0.25) is 0 Å². The Balaban J connectivity index is 1.99. The van der Waals surface area contributed by atoms with E-state index in [0.29, 0.717) is 11.8 Å². The zero-order valence-electron chi connectivity index (χ0n) is 13.6. The Morgan fingerprint density at radius 3 is 2.50 bits per heavy atom. The second-order valence-corrected chi connectivity index (χ2v) is 7.02. The van der Waals surface area contributed by atoms with E-state index in [1.807, 2.05) is 0 Å². The molecule has 0 aliphatic carbocycles. The van der Waals surface area contributed by atoms with Gasteiger partial charge >= 0.3 is 0 Å². The largest absolute Gasteiger partial charge is 0.324 e. The lowest BCUT2D eigenvalue weighted by Gasteiger charge is -2.27. The maximum absolute atomic E-state index is 12.7. The van der Waals surface area contributed by atoms with E-state index >= 15 is 0 Å². The number of rotatable bonds is 6. The molecule has 1 N–H and O–H groups in total. The fourth-order valence-corrected chi connectivity index (χ4v) is 3.36. The van der Waals surface area contributed by atoms with Crippen molar-refractivity contribution >= 4 is 5.91 Å². The van der Waals surface area contributed by atoms with Gasteiger partial charge in [0.05, 0.1) is 11.7 Å². The predicted molar refractivity (Wildman–Crippen MR) is 82.5 cm³/mol. The van der Waals surface area contributed by atoms with Gasteiger partial charge in [0.25, 0.3) is 0 Å². The molecule has 2 saturated heterocycles. The van der Waals surface area contributed by atoms with Crippen molar-refractivity contribution in [2.24, 2.45) is 5.92 Å². The molecule has 20 heavy (non-hydrogen) atoms. The molecule has 2 aliphatic rings. The Bertz CT molecular complexity index is 339. The summed E-state index contributed by atoms with van der Waals surface area (Å²) in [4.78, 5) is 17.3. The van der Waals surface area contributed by atoms with Gasteiger partial charge in [-0.2, -0.15) is 0 Å². The molecule has 116 valence electrons. The molecule has 2 atom stereocenters. The van der Waals surface area contributed by atoms with Gasteiger partial charge in [0.15, 0.2) is 0 Å². The first-order valence-electron chi connectivity index (χ1n) is 8.27. The van der Waals surface area contributed by atoms with Crippen LogP contribution in [0.1, 0.15) is 53.4 Å². The zero-order valence-corrected chi connectivity index (χ0v) is 13.6. The Hall–Kier alpha value is -0.610. The van der Waals surface area contributed by atoms with E-state index in [1.54, 1.807) is 0 Å². The average molecular weight is 281 g/mol. The number of carbonyl (C=O) groups excluding carboxylic acids is 1. The zero-order chi connectivity index (χ0) is 14.8. The van der Waals surface area contributed by atoms with Gasteiger partial charge in [-0.25, -0.2) is 0 Å². The van der Waals surface area contributed by atoms with Crippen LogP contribution in [-0.2, 0) is 4.79 Å². The van der Waals surface area contributed by atoms with Gasteiger partial charge in [-0.3, -0.25) is 10.1 Å². The maximum atomic E-state index is 12.7. The fraction of sp³-hybridized carbons (Fsp3) is 0.938. The van der Waals surface area contributed by atoms with Crippen molar-refractivity contribution in [2.45, 2.75) is 65.1 Å². The Morgan fingerprint density at radius 2 is 1.95 bits per heavy atom. The summed E-state index contributed by atoms with van der Waals surface area (Å²) in [6.45, 7) is 12.9.